The fourth-order valence-electron chi connectivity index (χ4n) is 3.80. The molecule has 0 spiro atoms. The van der Waals surface area contributed by atoms with Crippen molar-refractivity contribution in [3.63, 3.8) is 0 Å². The summed E-state index contributed by atoms with van der Waals surface area (Å²) in [7, 11) is 0. The van der Waals surface area contributed by atoms with Gasteiger partial charge >= 0.3 is 0 Å². The van der Waals surface area contributed by atoms with E-state index in [1.54, 1.807) is 18.2 Å². The number of nitrogens with zero attached hydrogens (tertiary/aromatic N) is 1. The van der Waals surface area contributed by atoms with Gasteiger partial charge in [0.2, 0.25) is 0 Å². The highest BCUT2D eigenvalue weighted by Gasteiger charge is 2.37. The van der Waals surface area contributed by atoms with Crippen LogP contribution in [0.3, 0.4) is 0 Å². The predicted octanol–water partition coefficient (Wildman–Crippen LogP) is 4.46. The molecule has 132 valence electrons. The number of hydrazone groups is 1. The molecule has 3 rings (SSSR count). The Hall–Kier alpha value is -2.36. The minimum Gasteiger partial charge on any atom is -0.381 e. The van der Waals surface area contributed by atoms with Crippen LogP contribution in [0.1, 0.15) is 33.1 Å². The Morgan fingerprint density at radius 3 is 3.04 bits per heavy atom. The molecule has 2 atom stereocenters. The van der Waals surface area contributed by atoms with Gasteiger partial charge in [0, 0.05) is 23.2 Å². The Bertz CT molecular complexity index is 734. The van der Waals surface area contributed by atoms with E-state index in [4.69, 9.17) is 0 Å². The second kappa shape index (κ2) is 7.68. The third kappa shape index (κ3) is 3.68. The molecule has 0 aromatic rings. The van der Waals surface area contributed by atoms with Crippen molar-refractivity contribution in [2.24, 2.45) is 11.0 Å². The number of halogens is 1. The highest BCUT2D eigenvalue weighted by Crippen LogP contribution is 2.36. The lowest BCUT2D eigenvalue weighted by molar-refractivity contribution is 0.429. The number of nitrogens with one attached hydrogen (secondary N) is 2. The van der Waals surface area contributed by atoms with Gasteiger partial charge in [0.1, 0.15) is 5.83 Å². The molecule has 0 bridgehead atoms. The quantitative estimate of drug-likeness (QED) is 0.726. The first kappa shape index (κ1) is 17.5. The minimum absolute atomic E-state index is 0.175. The smallest absolute Gasteiger partial charge is 0.121 e. The van der Waals surface area contributed by atoms with E-state index < -0.39 is 0 Å². The summed E-state index contributed by atoms with van der Waals surface area (Å²) >= 11 is 0. The molecule has 1 aliphatic carbocycles. The molecule has 0 aromatic carbocycles. The molecule has 2 aliphatic heterocycles. The van der Waals surface area contributed by atoms with Gasteiger partial charge < -0.3 is 10.7 Å². The van der Waals surface area contributed by atoms with Crippen LogP contribution in [0.15, 0.2) is 76.4 Å². The van der Waals surface area contributed by atoms with E-state index >= 15 is 0 Å². The van der Waals surface area contributed by atoms with Gasteiger partial charge in [-0.15, -0.1) is 0 Å². The van der Waals surface area contributed by atoms with Gasteiger partial charge in [0.05, 0.1) is 12.3 Å². The third-order valence-electron chi connectivity index (χ3n) is 4.98. The summed E-state index contributed by atoms with van der Waals surface area (Å²) in [5, 5.41) is 8.23. The fraction of sp³-hybridized carbons (Fsp3) is 0.381. The Balaban J connectivity index is 1.93. The van der Waals surface area contributed by atoms with Crippen molar-refractivity contribution in [3.05, 3.63) is 71.3 Å². The van der Waals surface area contributed by atoms with Gasteiger partial charge in [-0.05, 0) is 43.9 Å². The maximum atomic E-state index is 14.1. The number of allylic oxidation sites excluding steroid dienone is 8. The van der Waals surface area contributed by atoms with Crippen LogP contribution in [0.4, 0.5) is 4.39 Å². The topological polar surface area (TPSA) is 36.4 Å². The van der Waals surface area contributed by atoms with E-state index in [-0.39, 0.29) is 11.9 Å². The second-order valence-corrected chi connectivity index (χ2v) is 6.76. The van der Waals surface area contributed by atoms with E-state index in [2.05, 4.69) is 42.3 Å². The Morgan fingerprint density at radius 1 is 1.44 bits per heavy atom. The SMILES string of the molecule is C=C/C=C\C=C(/C)CC1NC2=CC(F)=CCC3=C2C(=NNC3)C1CC. The second-order valence-electron chi connectivity index (χ2n) is 6.76. The average Bonchev–Trinajstić information content (AvgIpc) is 2.75. The summed E-state index contributed by atoms with van der Waals surface area (Å²) < 4.78 is 14.1. The Kier molecular flexibility index (Phi) is 5.37. The molecule has 0 radical (unpaired) electrons. The predicted molar refractivity (Wildman–Crippen MR) is 103 cm³/mol. The highest BCUT2D eigenvalue weighted by molar-refractivity contribution is 6.08. The van der Waals surface area contributed by atoms with Crippen LogP contribution in [0, 0.1) is 5.92 Å². The Labute approximate surface area is 149 Å². The average molecular weight is 339 g/mol. The Morgan fingerprint density at radius 2 is 2.28 bits per heavy atom. The standard InChI is InChI=1S/C21H26FN3/c1-4-6-7-8-14(3)11-18-17(5-2)21-20-15(13-23-25-21)9-10-16(22)12-19(20)24-18/h4,6-8,10,12,17-18,23-24H,1,5,9,11,13H2,2-3H3/b7-6-,14-8+. The van der Waals surface area contributed by atoms with E-state index in [0.29, 0.717) is 18.9 Å². The summed E-state index contributed by atoms with van der Waals surface area (Å²) in [6.07, 6.45) is 13.6. The van der Waals surface area contributed by atoms with Gasteiger partial charge in [-0.25, -0.2) is 4.39 Å². The molecular weight excluding hydrogens is 313 g/mol. The lowest BCUT2D eigenvalue weighted by atomic mass is 9.78. The lowest BCUT2D eigenvalue weighted by Gasteiger charge is -2.39. The molecule has 2 N–H and O–H groups in total. The molecule has 4 heteroatoms. The minimum atomic E-state index is -0.175. The first-order chi connectivity index (χ1) is 12.1. The van der Waals surface area contributed by atoms with E-state index in [1.807, 2.05) is 12.2 Å². The third-order valence-corrected chi connectivity index (χ3v) is 4.98. The molecule has 3 aliphatic rings. The van der Waals surface area contributed by atoms with Crippen LogP contribution in [0.25, 0.3) is 0 Å². The first-order valence-corrected chi connectivity index (χ1v) is 8.96. The highest BCUT2D eigenvalue weighted by atomic mass is 19.1. The van der Waals surface area contributed by atoms with Gasteiger partial charge in [-0.3, -0.25) is 0 Å². The summed E-state index contributed by atoms with van der Waals surface area (Å²) in [6, 6.07) is 0.208. The molecule has 2 heterocycles. The van der Waals surface area contributed by atoms with Gasteiger partial charge in [-0.1, -0.05) is 43.4 Å². The normalized spacial score (nSPS) is 26.0. The molecule has 1 fully saturated rings. The fourth-order valence-corrected chi connectivity index (χ4v) is 3.80. The van der Waals surface area contributed by atoms with Crippen LogP contribution in [-0.4, -0.2) is 18.3 Å². The molecule has 0 aromatic heterocycles. The van der Waals surface area contributed by atoms with Crippen molar-refractivity contribution >= 4 is 5.71 Å². The molecule has 0 saturated carbocycles. The van der Waals surface area contributed by atoms with Gasteiger partial charge in [-0.2, -0.15) is 5.10 Å². The molecule has 1 saturated heterocycles. The molecule has 2 unspecified atom stereocenters. The first-order valence-electron chi connectivity index (χ1n) is 8.96. The molecular formula is C21H26FN3. The van der Waals surface area contributed by atoms with Crippen LogP contribution in [0.5, 0.6) is 0 Å². The molecule has 3 nitrogen and oxygen atoms in total. The van der Waals surface area contributed by atoms with Crippen molar-refractivity contribution in [2.75, 3.05) is 6.54 Å². The number of hydrogen-bond donors (Lipinski definition) is 2. The number of piperidine rings is 1. The van der Waals surface area contributed by atoms with Gasteiger partial charge in [0.25, 0.3) is 0 Å². The number of hydrogen-bond acceptors (Lipinski definition) is 3. The summed E-state index contributed by atoms with van der Waals surface area (Å²) in [5.41, 5.74) is 8.72. The van der Waals surface area contributed by atoms with Gasteiger partial charge in [0.15, 0.2) is 0 Å². The maximum absolute atomic E-state index is 14.1. The van der Waals surface area contributed by atoms with Crippen molar-refractivity contribution in [1.82, 2.24) is 10.7 Å². The molecule has 25 heavy (non-hydrogen) atoms. The zero-order valence-electron chi connectivity index (χ0n) is 15.0. The van der Waals surface area contributed by atoms with E-state index in [9.17, 15) is 4.39 Å². The number of rotatable bonds is 5. The van der Waals surface area contributed by atoms with Crippen molar-refractivity contribution in [2.45, 2.75) is 39.2 Å². The largest absolute Gasteiger partial charge is 0.381 e. The van der Waals surface area contributed by atoms with Crippen LogP contribution >= 0.6 is 0 Å². The lowest BCUT2D eigenvalue weighted by Crippen LogP contribution is -2.48. The van der Waals surface area contributed by atoms with Crippen LogP contribution < -0.4 is 10.7 Å². The zero-order chi connectivity index (χ0) is 17.8. The van der Waals surface area contributed by atoms with Crippen LogP contribution in [0.2, 0.25) is 0 Å². The van der Waals surface area contributed by atoms with Crippen molar-refractivity contribution < 1.29 is 4.39 Å². The maximum Gasteiger partial charge on any atom is 0.121 e. The van der Waals surface area contributed by atoms with E-state index in [0.717, 1.165) is 29.8 Å². The zero-order valence-corrected chi connectivity index (χ0v) is 15.0. The molecule has 0 amide bonds. The van der Waals surface area contributed by atoms with E-state index in [1.165, 1.54) is 11.1 Å². The summed E-state index contributed by atoms with van der Waals surface area (Å²) in [4.78, 5) is 0. The summed E-state index contributed by atoms with van der Waals surface area (Å²) in [5.74, 6) is 0.133. The summed E-state index contributed by atoms with van der Waals surface area (Å²) in [6.45, 7) is 8.70. The monoisotopic (exact) mass is 339 g/mol. The van der Waals surface area contributed by atoms with Crippen molar-refractivity contribution in [1.29, 1.82) is 0 Å². The van der Waals surface area contributed by atoms with Crippen molar-refractivity contribution in [3.8, 4) is 0 Å². The van der Waals surface area contributed by atoms with Crippen LogP contribution in [-0.2, 0) is 0 Å².